The van der Waals surface area contributed by atoms with E-state index in [1.54, 1.807) is 12.1 Å². The highest BCUT2D eigenvalue weighted by Crippen LogP contribution is 2.31. The Morgan fingerprint density at radius 3 is 2.56 bits per heavy atom. The van der Waals surface area contributed by atoms with Crippen LogP contribution in [0, 0.1) is 6.92 Å². The SMILES string of the molecule is Cc1cc(OCC(=O)OC(C)(C)C)c(Br)cc1Cl. The number of ether oxygens (including phenoxy) is 2. The molecular formula is C13H16BrClO3. The fraction of sp³-hybridized carbons (Fsp3) is 0.462. The van der Waals surface area contributed by atoms with E-state index in [4.69, 9.17) is 21.1 Å². The van der Waals surface area contributed by atoms with E-state index in [0.717, 1.165) is 5.56 Å². The van der Waals surface area contributed by atoms with E-state index < -0.39 is 11.6 Å². The van der Waals surface area contributed by atoms with Crippen LogP contribution in [0.5, 0.6) is 5.75 Å². The predicted octanol–water partition coefficient (Wildman–Crippen LogP) is 4.13. The van der Waals surface area contributed by atoms with Gasteiger partial charge in [-0.1, -0.05) is 11.6 Å². The molecule has 1 aromatic carbocycles. The van der Waals surface area contributed by atoms with Gasteiger partial charge in [-0.05, 0) is 61.3 Å². The molecule has 0 saturated heterocycles. The molecular weight excluding hydrogens is 319 g/mol. The second-order valence-electron chi connectivity index (χ2n) is 4.91. The predicted molar refractivity (Wildman–Crippen MR) is 75.2 cm³/mol. The molecule has 0 saturated carbocycles. The summed E-state index contributed by atoms with van der Waals surface area (Å²) < 4.78 is 11.3. The van der Waals surface area contributed by atoms with Gasteiger partial charge in [0.25, 0.3) is 0 Å². The van der Waals surface area contributed by atoms with Crippen LogP contribution in [0.25, 0.3) is 0 Å². The minimum Gasteiger partial charge on any atom is -0.481 e. The third-order valence-corrected chi connectivity index (χ3v) is 3.01. The molecule has 0 N–H and O–H groups in total. The molecule has 0 aliphatic rings. The van der Waals surface area contributed by atoms with Gasteiger partial charge in [-0.15, -0.1) is 0 Å². The fourth-order valence-corrected chi connectivity index (χ4v) is 2.00. The minimum absolute atomic E-state index is 0.128. The lowest BCUT2D eigenvalue weighted by atomic mass is 10.2. The second-order valence-corrected chi connectivity index (χ2v) is 6.17. The summed E-state index contributed by atoms with van der Waals surface area (Å²) in [6, 6.07) is 3.51. The third kappa shape index (κ3) is 4.86. The molecule has 0 unspecified atom stereocenters. The van der Waals surface area contributed by atoms with Crippen LogP contribution in [-0.2, 0) is 9.53 Å². The van der Waals surface area contributed by atoms with Crippen molar-refractivity contribution >= 4 is 33.5 Å². The molecule has 5 heteroatoms. The van der Waals surface area contributed by atoms with Crippen molar-refractivity contribution in [1.29, 1.82) is 0 Å². The molecule has 18 heavy (non-hydrogen) atoms. The highest BCUT2D eigenvalue weighted by Gasteiger charge is 2.17. The zero-order chi connectivity index (χ0) is 13.9. The van der Waals surface area contributed by atoms with Gasteiger partial charge in [0, 0.05) is 5.02 Å². The van der Waals surface area contributed by atoms with E-state index in [9.17, 15) is 4.79 Å². The van der Waals surface area contributed by atoms with Crippen LogP contribution >= 0.6 is 27.5 Å². The highest BCUT2D eigenvalue weighted by molar-refractivity contribution is 9.10. The van der Waals surface area contributed by atoms with Crippen molar-refractivity contribution in [2.75, 3.05) is 6.61 Å². The maximum absolute atomic E-state index is 11.5. The average molecular weight is 336 g/mol. The zero-order valence-corrected chi connectivity index (χ0v) is 13.2. The molecule has 0 radical (unpaired) electrons. The van der Waals surface area contributed by atoms with Crippen LogP contribution in [0.3, 0.4) is 0 Å². The van der Waals surface area contributed by atoms with Crippen molar-refractivity contribution in [2.24, 2.45) is 0 Å². The molecule has 0 atom stereocenters. The molecule has 0 heterocycles. The van der Waals surface area contributed by atoms with Gasteiger partial charge in [-0.2, -0.15) is 0 Å². The van der Waals surface area contributed by atoms with Crippen LogP contribution in [0.1, 0.15) is 26.3 Å². The van der Waals surface area contributed by atoms with Crippen molar-refractivity contribution in [3.63, 3.8) is 0 Å². The lowest BCUT2D eigenvalue weighted by Crippen LogP contribution is -2.27. The van der Waals surface area contributed by atoms with Gasteiger partial charge in [-0.3, -0.25) is 0 Å². The Morgan fingerprint density at radius 2 is 2.00 bits per heavy atom. The number of esters is 1. The van der Waals surface area contributed by atoms with Gasteiger partial charge in [0.15, 0.2) is 6.61 Å². The Labute approximate surface area is 121 Å². The lowest BCUT2D eigenvalue weighted by Gasteiger charge is -2.19. The lowest BCUT2D eigenvalue weighted by molar-refractivity contribution is -0.157. The smallest absolute Gasteiger partial charge is 0.344 e. The zero-order valence-electron chi connectivity index (χ0n) is 10.8. The van der Waals surface area contributed by atoms with Crippen LogP contribution in [-0.4, -0.2) is 18.2 Å². The largest absolute Gasteiger partial charge is 0.481 e. The van der Waals surface area contributed by atoms with Gasteiger partial charge in [0.2, 0.25) is 0 Å². The van der Waals surface area contributed by atoms with Gasteiger partial charge >= 0.3 is 5.97 Å². The van der Waals surface area contributed by atoms with Gasteiger partial charge in [0.1, 0.15) is 11.4 Å². The van der Waals surface area contributed by atoms with Gasteiger partial charge in [0.05, 0.1) is 4.47 Å². The molecule has 0 aliphatic carbocycles. The molecule has 0 aliphatic heterocycles. The summed E-state index contributed by atoms with van der Waals surface area (Å²) in [6.07, 6.45) is 0. The van der Waals surface area contributed by atoms with E-state index in [2.05, 4.69) is 15.9 Å². The monoisotopic (exact) mass is 334 g/mol. The number of rotatable bonds is 3. The summed E-state index contributed by atoms with van der Waals surface area (Å²) in [7, 11) is 0. The molecule has 0 aromatic heterocycles. The first-order valence-corrected chi connectivity index (χ1v) is 6.66. The molecule has 1 rings (SSSR count). The number of aryl methyl sites for hydroxylation is 1. The van der Waals surface area contributed by atoms with E-state index in [1.165, 1.54) is 0 Å². The highest BCUT2D eigenvalue weighted by atomic mass is 79.9. The molecule has 0 amide bonds. The van der Waals surface area contributed by atoms with Crippen LogP contribution in [0.2, 0.25) is 5.02 Å². The first kappa shape index (κ1) is 15.3. The van der Waals surface area contributed by atoms with Crippen molar-refractivity contribution < 1.29 is 14.3 Å². The number of halogens is 2. The average Bonchev–Trinajstić information content (AvgIpc) is 2.19. The normalized spacial score (nSPS) is 11.2. The first-order chi connectivity index (χ1) is 8.19. The number of carbonyl (C=O) groups excluding carboxylic acids is 1. The summed E-state index contributed by atoms with van der Waals surface area (Å²) in [5.41, 5.74) is 0.382. The fourth-order valence-electron chi connectivity index (χ4n) is 1.25. The Morgan fingerprint density at radius 1 is 1.39 bits per heavy atom. The Bertz CT molecular complexity index is 452. The van der Waals surface area contributed by atoms with E-state index in [-0.39, 0.29) is 6.61 Å². The van der Waals surface area contributed by atoms with Gasteiger partial charge < -0.3 is 9.47 Å². The number of benzene rings is 1. The van der Waals surface area contributed by atoms with E-state index in [1.807, 2.05) is 27.7 Å². The van der Waals surface area contributed by atoms with Gasteiger partial charge in [-0.25, -0.2) is 4.79 Å². The standard InChI is InChI=1S/C13H16BrClO3/c1-8-5-11(9(14)6-10(8)15)17-7-12(16)18-13(2,3)4/h5-6H,7H2,1-4H3. The van der Waals surface area contributed by atoms with E-state index in [0.29, 0.717) is 15.2 Å². The van der Waals surface area contributed by atoms with Crippen molar-refractivity contribution in [3.05, 3.63) is 27.2 Å². The molecule has 100 valence electrons. The van der Waals surface area contributed by atoms with Crippen LogP contribution in [0.15, 0.2) is 16.6 Å². The van der Waals surface area contributed by atoms with E-state index >= 15 is 0 Å². The summed E-state index contributed by atoms with van der Waals surface area (Å²) in [4.78, 5) is 11.5. The second kappa shape index (κ2) is 5.93. The molecule has 1 aromatic rings. The molecule has 0 bridgehead atoms. The quantitative estimate of drug-likeness (QED) is 0.779. The summed E-state index contributed by atoms with van der Waals surface area (Å²) in [6.45, 7) is 7.18. The number of carbonyl (C=O) groups is 1. The Hall–Kier alpha value is -0.740. The summed E-state index contributed by atoms with van der Waals surface area (Å²) >= 11 is 9.29. The first-order valence-electron chi connectivity index (χ1n) is 5.49. The minimum atomic E-state index is -0.506. The van der Waals surface area contributed by atoms with Crippen molar-refractivity contribution in [3.8, 4) is 5.75 Å². The summed E-state index contributed by atoms with van der Waals surface area (Å²) in [5, 5.41) is 0.645. The Balaban J connectivity index is 2.64. The third-order valence-electron chi connectivity index (χ3n) is 1.98. The molecule has 0 spiro atoms. The molecule has 0 fully saturated rings. The number of hydrogen-bond donors (Lipinski definition) is 0. The summed E-state index contributed by atoms with van der Waals surface area (Å²) in [5.74, 6) is 0.171. The van der Waals surface area contributed by atoms with Crippen molar-refractivity contribution in [2.45, 2.75) is 33.3 Å². The topological polar surface area (TPSA) is 35.5 Å². The maximum Gasteiger partial charge on any atom is 0.344 e. The Kier molecular flexibility index (Phi) is 5.05. The molecule has 3 nitrogen and oxygen atoms in total. The maximum atomic E-state index is 11.5. The van der Waals surface area contributed by atoms with Crippen LogP contribution in [0.4, 0.5) is 0 Å². The van der Waals surface area contributed by atoms with Crippen LogP contribution < -0.4 is 4.74 Å². The van der Waals surface area contributed by atoms with Crippen molar-refractivity contribution in [1.82, 2.24) is 0 Å². The number of hydrogen-bond acceptors (Lipinski definition) is 3.